The van der Waals surface area contributed by atoms with Crippen molar-refractivity contribution in [3.8, 4) is 0 Å². The van der Waals surface area contributed by atoms with E-state index in [1.165, 1.54) is 0 Å². The van der Waals surface area contributed by atoms with E-state index < -0.39 is 0 Å². The molecule has 5 heteroatoms. The molecule has 0 aliphatic heterocycles. The SMILES string of the molecule is CCNc1cc(NC(C)c2ccc(C)c(F)c2)nc(C)n1. The Morgan fingerprint density at radius 3 is 2.52 bits per heavy atom. The summed E-state index contributed by atoms with van der Waals surface area (Å²) >= 11 is 0. The molecule has 0 saturated carbocycles. The molecule has 2 N–H and O–H groups in total. The van der Waals surface area contributed by atoms with Crippen molar-refractivity contribution in [2.75, 3.05) is 17.2 Å². The lowest BCUT2D eigenvalue weighted by molar-refractivity contribution is 0.614. The summed E-state index contributed by atoms with van der Waals surface area (Å²) < 4.78 is 13.6. The third kappa shape index (κ3) is 3.90. The maximum absolute atomic E-state index is 13.6. The van der Waals surface area contributed by atoms with Crippen LogP contribution in [-0.4, -0.2) is 16.5 Å². The second kappa shape index (κ2) is 6.52. The summed E-state index contributed by atoms with van der Waals surface area (Å²) in [5.74, 6) is 2.02. The van der Waals surface area contributed by atoms with Crippen LogP contribution >= 0.6 is 0 Å². The Morgan fingerprint density at radius 2 is 1.86 bits per heavy atom. The molecular formula is C16H21FN4. The van der Waals surface area contributed by atoms with Gasteiger partial charge in [-0.1, -0.05) is 12.1 Å². The summed E-state index contributed by atoms with van der Waals surface area (Å²) in [5, 5.41) is 6.45. The van der Waals surface area contributed by atoms with Gasteiger partial charge in [0.25, 0.3) is 0 Å². The van der Waals surface area contributed by atoms with Gasteiger partial charge in [0.15, 0.2) is 0 Å². The monoisotopic (exact) mass is 288 g/mol. The zero-order valence-electron chi connectivity index (χ0n) is 12.9. The van der Waals surface area contributed by atoms with Crippen LogP contribution in [0.1, 0.15) is 36.8 Å². The normalized spacial score (nSPS) is 12.0. The van der Waals surface area contributed by atoms with E-state index in [9.17, 15) is 4.39 Å². The van der Waals surface area contributed by atoms with Crippen molar-refractivity contribution in [2.24, 2.45) is 0 Å². The van der Waals surface area contributed by atoms with Crippen molar-refractivity contribution in [3.63, 3.8) is 0 Å². The van der Waals surface area contributed by atoms with Crippen LogP contribution in [0.15, 0.2) is 24.3 Å². The second-order valence-electron chi connectivity index (χ2n) is 5.09. The van der Waals surface area contributed by atoms with Gasteiger partial charge in [-0.15, -0.1) is 0 Å². The molecule has 112 valence electrons. The maximum atomic E-state index is 13.6. The smallest absolute Gasteiger partial charge is 0.132 e. The van der Waals surface area contributed by atoms with Crippen molar-refractivity contribution < 1.29 is 4.39 Å². The summed E-state index contributed by atoms with van der Waals surface area (Å²) in [6, 6.07) is 7.10. The first-order valence-electron chi connectivity index (χ1n) is 7.11. The van der Waals surface area contributed by atoms with Gasteiger partial charge in [-0.05, 0) is 44.9 Å². The number of halogens is 1. The molecule has 2 aromatic rings. The molecule has 1 unspecified atom stereocenters. The van der Waals surface area contributed by atoms with E-state index in [1.807, 2.05) is 32.9 Å². The minimum atomic E-state index is -0.187. The number of benzene rings is 1. The summed E-state index contributed by atoms with van der Waals surface area (Å²) in [6.07, 6.45) is 0. The number of nitrogens with one attached hydrogen (secondary N) is 2. The number of anilines is 2. The molecule has 0 saturated heterocycles. The summed E-state index contributed by atoms with van der Waals surface area (Å²) in [5.41, 5.74) is 1.54. The van der Waals surface area contributed by atoms with Gasteiger partial charge in [-0.2, -0.15) is 0 Å². The fourth-order valence-electron chi connectivity index (χ4n) is 2.10. The van der Waals surface area contributed by atoms with E-state index in [2.05, 4.69) is 20.6 Å². The Morgan fingerprint density at radius 1 is 1.14 bits per heavy atom. The molecule has 0 amide bonds. The van der Waals surface area contributed by atoms with Gasteiger partial charge in [-0.3, -0.25) is 0 Å². The van der Waals surface area contributed by atoms with Crippen LogP contribution in [0, 0.1) is 19.7 Å². The molecule has 21 heavy (non-hydrogen) atoms. The zero-order chi connectivity index (χ0) is 15.4. The van der Waals surface area contributed by atoms with Crippen LogP contribution in [0.2, 0.25) is 0 Å². The van der Waals surface area contributed by atoms with E-state index in [4.69, 9.17) is 0 Å². The van der Waals surface area contributed by atoms with Gasteiger partial charge in [0.05, 0.1) is 6.04 Å². The standard InChI is InChI=1S/C16H21FN4/c1-5-18-15-9-16(21-12(4)20-15)19-11(3)13-7-6-10(2)14(17)8-13/h6-9,11H,5H2,1-4H3,(H2,18,19,20,21). The van der Waals surface area contributed by atoms with Crippen LogP contribution in [0.25, 0.3) is 0 Å². The molecule has 4 nitrogen and oxygen atoms in total. The molecule has 0 spiro atoms. The van der Waals surface area contributed by atoms with Crippen molar-refractivity contribution in [1.82, 2.24) is 9.97 Å². The van der Waals surface area contributed by atoms with E-state index in [0.29, 0.717) is 11.4 Å². The van der Waals surface area contributed by atoms with Gasteiger partial charge in [-0.25, -0.2) is 14.4 Å². The largest absolute Gasteiger partial charge is 0.370 e. The van der Waals surface area contributed by atoms with Crippen LogP contribution in [0.3, 0.4) is 0 Å². The highest BCUT2D eigenvalue weighted by molar-refractivity contribution is 5.48. The van der Waals surface area contributed by atoms with Crippen molar-refractivity contribution >= 4 is 11.6 Å². The fourth-order valence-corrected chi connectivity index (χ4v) is 2.10. The number of hydrogen-bond donors (Lipinski definition) is 2. The lowest BCUT2D eigenvalue weighted by atomic mass is 10.1. The first kappa shape index (κ1) is 15.2. The third-order valence-corrected chi connectivity index (χ3v) is 3.26. The topological polar surface area (TPSA) is 49.8 Å². The Bertz CT molecular complexity index is 628. The molecule has 0 aliphatic carbocycles. The van der Waals surface area contributed by atoms with Crippen LogP contribution < -0.4 is 10.6 Å². The first-order chi connectivity index (χ1) is 9.99. The average Bonchev–Trinajstić information content (AvgIpc) is 2.41. The Labute approximate surface area is 124 Å². The molecule has 1 aromatic carbocycles. The van der Waals surface area contributed by atoms with Gasteiger partial charge in [0.2, 0.25) is 0 Å². The highest BCUT2D eigenvalue weighted by atomic mass is 19.1. The van der Waals surface area contributed by atoms with E-state index in [-0.39, 0.29) is 11.9 Å². The van der Waals surface area contributed by atoms with Crippen molar-refractivity contribution in [3.05, 3.63) is 47.0 Å². The van der Waals surface area contributed by atoms with E-state index in [1.54, 1.807) is 19.1 Å². The van der Waals surface area contributed by atoms with Gasteiger partial charge >= 0.3 is 0 Å². The average molecular weight is 288 g/mol. The highest BCUT2D eigenvalue weighted by Gasteiger charge is 2.09. The molecule has 1 aromatic heterocycles. The molecule has 0 bridgehead atoms. The second-order valence-corrected chi connectivity index (χ2v) is 5.09. The summed E-state index contributed by atoms with van der Waals surface area (Å²) in [7, 11) is 0. The lowest BCUT2D eigenvalue weighted by Crippen LogP contribution is -2.10. The number of rotatable bonds is 5. The fraction of sp³-hybridized carbons (Fsp3) is 0.375. The van der Waals surface area contributed by atoms with E-state index in [0.717, 1.165) is 23.7 Å². The lowest BCUT2D eigenvalue weighted by Gasteiger charge is -2.16. The molecule has 0 aliphatic rings. The van der Waals surface area contributed by atoms with Gasteiger partial charge < -0.3 is 10.6 Å². The Hall–Kier alpha value is -2.17. The Balaban J connectivity index is 2.18. The highest BCUT2D eigenvalue weighted by Crippen LogP contribution is 2.21. The molecule has 1 atom stereocenters. The minimum absolute atomic E-state index is 0.0381. The number of nitrogens with zero attached hydrogens (tertiary/aromatic N) is 2. The third-order valence-electron chi connectivity index (χ3n) is 3.26. The van der Waals surface area contributed by atoms with Crippen molar-refractivity contribution in [1.29, 1.82) is 0 Å². The van der Waals surface area contributed by atoms with Crippen LogP contribution in [0.5, 0.6) is 0 Å². The van der Waals surface area contributed by atoms with Gasteiger partial charge in [0, 0.05) is 12.6 Å². The summed E-state index contributed by atoms with van der Waals surface area (Å²) in [6.45, 7) is 8.40. The minimum Gasteiger partial charge on any atom is -0.370 e. The quantitative estimate of drug-likeness (QED) is 0.877. The van der Waals surface area contributed by atoms with E-state index >= 15 is 0 Å². The zero-order valence-corrected chi connectivity index (χ0v) is 12.9. The predicted molar refractivity (Wildman–Crippen MR) is 84.1 cm³/mol. The first-order valence-corrected chi connectivity index (χ1v) is 7.11. The number of aromatic nitrogens is 2. The maximum Gasteiger partial charge on any atom is 0.132 e. The summed E-state index contributed by atoms with van der Waals surface area (Å²) in [4.78, 5) is 8.67. The molecule has 0 radical (unpaired) electrons. The molecule has 0 fully saturated rings. The molecule has 2 rings (SSSR count). The molecule has 1 heterocycles. The number of aryl methyl sites for hydroxylation is 2. The van der Waals surface area contributed by atoms with Gasteiger partial charge in [0.1, 0.15) is 23.3 Å². The van der Waals surface area contributed by atoms with Crippen LogP contribution in [-0.2, 0) is 0 Å². The molecular weight excluding hydrogens is 267 g/mol. The predicted octanol–water partition coefficient (Wildman–Crippen LogP) is 3.84. The van der Waals surface area contributed by atoms with Crippen LogP contribution in [0.4, 0.5) is 16.0 Å². The van der Waals surface area contributed by atoms with Crippen molar-refractivity contribution in [2.45, 2.75) is 33.7 Å². The Kier molecular flexibility index (Phi) is 4.73. The number of hydrogen-bond acceptors (Lipinski definition) is 4.